The number of halogens is 1. The number of carbonyl (C=O) groups excluding carboxylic acids is 1. The number of hydrogen-bond donors (Lipinski definition) is 2. The lowest BCUT2D eigenvalue weighted by molar-refractivity contribution is -0.121. The Balaban J connectivity index is 0.00000576. The summed E-state index contributed by atoms with van der Waals surface area (Å²) >= 11 is 0. The van der Waals surface area contributed by atoms with Crippen molar-refractivity contribution < 1.29 is 13.2 Å². The SMILES string of the molecule is CCNC(=NCCC(=O)NC(C)CC)N1CCS(=O)(=O)C(C)(C)C1.I. The van der Waals surface area contributed by atoms with Gasteiger partial charge in [-0.2, -0.15) is 0 Å². The van der Waals surface area contributed by atoms with Crippen LogP contribution in [0.3, 0.4) is 0 Å². The Labute approximate surface area is 169 Å². The Bertz CT molecular complexity index is 564. The molecule has 1 amide bonds. The Morgan fingerprint density at radius 1 is 1.32 bits per heavy atom. The number of guanidine groups is 1. The first-order chi connectivity index (χ1) is 11.1. The number of hydrogen-bond acceptors (Lipinski definition) is 4. The molecule has 1 saturated heterocycles. The van der Waals surface area contributed by atoms with Crippen LogP contribution < -0.4 is 10.6 Å². The summed E-state index contributed by atoms with van der Waals surface area (Å²) in [6, 6.07) is 0.169. The highest BCUT2D eigenvalue weighted by Crippen LogP contribution is 2.23. The van der Waals surface area contributed by atoms with Crippen LogP contribution in [0.25, 0.3) is 0 Å². The molecule has 148 valence electrons. The molecule has 1 rings (SSSR count). The summed E-state index contributed by atoms with van der Waals surface area (Å²) in [5.74, 6) is 0.793. The monoisotopic (exact) mass is 488 g/mol. The Kier molecular flexibility index (Phi) is 10.3. The zero-order chi connectivity index (χ0) is 18.4. The van der Waals surface area contributed by atoms with Crippen molar-refractivity contribution in [2.45, 2.75) is 58.2 Å². The molecule has 0 aromatic rings. The average Bonchev–Trinajstić information content (AvgIpc) is 2.49. The minimum atomic E-state index is -3.08. The molecule has 0 aromatic heterocycles. The normalized spacial score (nSPS) is 20.4. The van der Waals surface area contributed by atoms with Crippen molar-refractivity contribution in [1.82, 2.24) is 15.5 Å². The third kappa shape index (κ3) is 7.28. The zero-order valence-corrected chi connectivity index (χ0v) is 19.1. The van der Waals surface area contributed by atoms with Crippen LogP contribution in [-0.2, 0) is 14.6 Å². The molecule has 0 bridgehead atoms. The predicted octanol–water partition coefficient (Wildman–Crippen LogP) is 1.38. The first-order valence-corrected chi connectivity index (χ1v) is 10.3. The van der Waals surface area contributed by atoms with E-state index in [0.29, 0.717) is 38.6 Å². The van der Waals surface area contributed by atoms with Crippen LogP contribution in [-0.4, -0.2) is 67.9 Å². The van der Waals surface area contributed by atoms with Crippen LogP contribution in [0.15, 0.2) is 4.99 Å². The lowest BCUT2D eigenvalue weighted by atomic mass is 10.2. The van der Waals surface area contributed by atoms with Crippen LogP contribution >= 0.6 is 24.0 Å². The molecule has 1 heterocycles. The van der Waals surface area contributed by atoms with Crippen molar-refractivity contribution in [2.24, 2.45) is 4.99 Å². The van der Waals surface area contributed by atoms with E-state index in [-0.39, 0.29) is 41.7 Å². The quantitative estimate of drug-likeness (QED) is 0.335. The molecule has 0 aliphatic carbocycles. The topological polar surface area (TPSA) is 90.9 Å². The van der Waals surface area contributed by atoms with Gasteiger partial charge in [-0.15, -0.1) is 24.0 Å². The number of rotatable bonds is 6. The number of nitrogens with zero attached hydrogens (tertiary/aromatic N) is 2. The number of nitrogens with one attached hydrogen (secondary N) is 2. The minimum absolute atomic E-state index is 0. The number of carbonyl (C=O) groups is 1. The molecule has 1 aliphatic heterocycles. The van der Waals surface area contributed by atoms with Gasteiger partial charge < -0.3 is 15.5 Å². The van der Waals surface area contributed by atoms with Gasteiger partial charge in [0.25, 0.3) is 0 Å². The van der Waals surface area contributed by atoms with Gasteiger partial charge in [-0.1, -0.05) is 6.92 Å². The standard InChI is InChI=1S/C16H32N4O3S.HI/c1-6-13(3)19-14(21)8-9-18-15(17-7-2)20-10-11-24(22,23)16(4,5)12-20;/h13H,6-12H2,1-5H3,(H,17,18)(H,19,21);1H. The molecule has 0 saturated carbocycles. The highest BCUT2D eigenvalue weighted by Gasteiger charge is 2.40. The molecule has 1 aliphatic rings. The highest BCUT2D eigenvalue weighted by atomic mass is 127. The number of amides is 1. The molecule has 1 atom stereocenters. The van der Waals surface area contributed by atoms with Crippen molar-refractivity contribution in [3.63, 3.8) is 0 Å². The van der Waals surface area contributed by atoms with Gasteiger partial charge in [-0.05, 0) is 34.1 Å². The van der Waals surface area contributed by atoms with Gasteiger partial charge in [-0.3, -0.25) is 9.79 Å². The van der Waals surface area contributed by atoms with Crippen molar-refractivity contribution in [3.8, 4) is 0 Å². The molecule has 1 fully saturated rings. The van der Waals surface area contributed by atoms with Gasteiger partial charge in [0.05, 0.1) is 17.0 Å². The first kappa shape index (κ1) is 24.4. The van der Waals surface area contributed by atoms with Gasteiger partial charge in [0.2, 0.25) is 5.91 Å². The Morgan fingerprint density at radius 3 is 2.48 bits per heavy atom. The molecule has 0 spiro atoms. The second kappa shape index (κ2) is 10.5. The fourth-order valence-corrected chi connectivity index (χ4v) is 3.83. The minimum Gasteiger partial charge on any atom is -0.357 e. The summed E-state index contributed by atoms with van der Waals surface area (Å²) in [6.45, 7) is 11.4. The van der Waals surface area contributed by atoms with E-state index in [1.807, 2.05) is 25.7 Å². The molecule has 1 unspecified atom stereocenters. The van der Waals surface area contributed by atoms with Gasteiger partial charge >= 0.3 is 0 Å². The van der Waals surface area contributed by atoms with Crippen LogP contribution in [0.2, 0.25) is 0 Å². The summed E-state index contributed by atoms with van der Waals surface area (Å²) in [5, 5.41) is 6.11. The molecular formula is C16H33IN4O3S. The second-order valence-corrected chi connectivity index (χ2v) is 9.61. The average molecular weight is 488 g/mol. The van der Waals surface area contributed by atoms with Gasteiger partial charge in [0.15, 0.2) is 15.8 Å². The van der Waals surface area contributed by atoms with Crippen molar-refractivity contribution in [1.29, 1.82) is 0 Å². The molecule has 2 N–H and O–H groups in total. The van der Waals surface area contributed by atoms with E-state index in [1.165, 1.54) is 0 Å². The number of sulfone groups is 1. The fourth-order valence-electron chi connectivity index (χ4n) is 2.46. The summed E-state index contributed by atoms with van der Waals surface area (Å²) in [6.07, 6.45) is 1.23. The first-order valence-electron chi connectivity index (χ1n) is 8.68. The largest absolute Gasteiger partial charge is 0.357 e. The van der Waals surface area contributed by atoms with Crippen LogP contribution in [0.1, 0.15) is 47.5 Å². The summed E-state index contributed by atoms with van der Waals surface area (Å²) in [4.78, 5) is 18.3. The molecule has 7 nitrogen and oxygen atoms in total. The van der Waals surface area contributed by atoms with Crippen LogP contribution in [0.4, 0.5) is 0 Å². The maximum absolute atomic E-state index is 12.1. The van der Waals surface area contributed by atoms with Crippen LogP contribution in [0.5, 0.6) is 0 Å². The van der Waals surface area contributed by atoms with E-state index < -0.39 is 14.6 Å². The van der Waals surface area contributed by atoms with E-state index in [1.54, 1.807) is 13.8 Å². The zero-order valence-electron chi connectivity index (χ0n) is 16.0. The van der Waals surface area contributed by atoms with Crippen molar-refractivity contribution >= 4 is 45.7 Å². The van der Waals surface area contributed by atoms with E-state index in [0.717, 1.165) is 6.42 Å². The van der Waals surface area contributed by atoms with E-state index in [4.69, 9.17) is 0 Å². The van der Waals surface area contributed by atoms with Crippen molar-refractivity contribution in [3.05, 3.63) is 0 Å². The molecular weight excluding hydrogens is 455 g/mol. The third-order valence-electron chi connectivity index (χ3n) is 4.30. The molecule has 0 radical (unpaired) electrons. The highest BCUT2D eigenvalue weighted by molar-refractivity contribution is 14.0. The maximum Gasteiger partial charge on any atom is 0.222 e. The van der Waals surface area contributed by atoms with Gasteiger partial charge in [0, 0.05) is 32.1 Å². The Hall–Kier alpha value is -0.580. The second-order valence-electron chi connectivity index (χ2n) is 6.86. The van der Waals surface area contributed by atoms with E-state index in [9.17, 15) is 13.2 Å². The van der Waals surface area contributed by atoms with Crippen LogP contribution in [0, 0.1) is 0 Å². The fraction of sp³-hybridized carbons (Fsp3) is 0.875. The summed E-state index contributed by atoms with van der Waals surface area (Å²) < 4.78 is 23.5. The predicted molar refractivity (Wildman–Crippen MR) is 113 cm³/mol. The smallest absolute Gasteiger partial charge is 0.222 e. The molecule has 9 heteroatoms. The third-order valence-corrected chi connectivity index (χ3v) is 6.83. The van der Waals surface area contributed by atoms with Gasteiger partial charge in [-0.25, -0.2) is 8.42 Å². The van der Waals surface area contributed by atoms with E-state index >= 15 is 0 Å². The molecule has 25 heavy (non-hydrogen) atoms. The summed E-state index contributed by atoms with van der Waals surface area (Å²) in [5.41, 5.74) is 0. The lowest BCUT2D eigenvalue weighted by Crippen LogP contribution is -2.57. The lowest BCUT2D eigenvalue weighted by Gasteiger charge is -2.39. The maximum atomic E-state index is 12.1. The Morgan fingerprint density at radius 2 is 1.96 bits per heavy atom. The summed E-state index contributed by atoms with van der Waals surface area (Å²) in [7, 11) is -3.08. The van der Waals surface area contributed by atoms with E-state index in [2.05, 4.69) is 15.6 Å². The van der Waals surface area contributed by atoms with Crippen molar-refractivity contribution in [2.75, 3.05) is 31.9 Å². The molecule has 0 aromatic carbocycles. The van der Waals surface area contributed by atoms with Gasteiger partial charge in [0.1, 0.15) is 0 Å². The number of aliphatic imine (C=N–C) groups is 1.